The van der Waals surface area contributed by atoms with Crippen molar-refractivity contribution in [2.45, 2.75) is 126 Å². The third-order valence-electron chi connectivity index (χ3n) is 11.1. The second kappa shape index (κ2) is 24.8. The predicted molar refractivity (Wildman–Crippen MR) is 255 cm³/mol. The van der Waals surface area contributed by atoms with E-state index in [1.807, 2.05) is 27.7 Å². The van der Waals surface area contributed by atoms with E-state index in [4.69, 9.17) is 16.3 Å². The third-order valence-corrected chi connectivity index (χ3v) is 13.6. The van der Waals surface area contributed by atoms with Gasteiger partial charge in [0.25, 0.3) is 11.8 Å². The van der Waals surface area contributed by atoms with Gasteiger partial charge < -0.3 is 20.5 Å². The number of sulfone groups is 2. The van der Waals surface area contributed by atoms with Crippen LogP contribution in [0.5, 0.6) is 0 Å². The minimum Gasteiger partial charge on any atom is -0.462 e. The van der Waals surface area contributed by atoms with Crippen molar-refractivity contribution in [3.63, 3.8) is 0 Å². The minimum absolute atomic E-state index is 0.0300. The monoisotopic (exact) mass is 986 g/mol. The van der Waals surface area contributed by atoms with Gasteiger partial charge in [0.2, 0.25) is 5.24 Å². The molecule has 364 valence electrons. The number of ether oxygens (including phenoxy) is 1. The zero-order valence-electron chi connectivity index (χ0n) is 38.7. The molecule has 0 spiro atoms. The fraction of sp³-hybridized carbons (Fsp3) is 0.440. The summed E-state index contributed by atoms with van der Waals surface area (Å²) < 4.78 is 80.9. The lowest BCUT2D eigenvalue weighted by molar-refractivity contribution is -0.151. The zero-order valence-corrected chi connectivity index (χ0v) is 41.1. The number of amides is 2. The van der Waals surface area contributed by atoms with Gasteiger partial charge in [-0.3, -0.25) is 19.2 Å². The molecule has 0 bridgehead atoms. The number of hydrogen-bond donors (Lipinski definition) is 3. The first kappa shape index (κ1) is 54.6. The predicted octanol–water partition coefficient (Wildman–Crippen LogP) is 9.25. The molecule has 2 amide bonds. The molecule has 0 aliphatic heterocycles. The van der Waals surface area contributed by atoms with Gasteiger partial charge in [0.15, 0.2) is 19.7 Å². The molecular formula is C50H61ClF2N2O10S2. The van der Waals surface area contributed by atoms with Crippen LogP contribution < -0.4 is 10.6 Å². The van der Waals surface area contributed by atoms with Gasteiger partial charge in [-0.05, 0) is 146 Å². The standard InChI is InChI=1S/C25H30FNO5S.C20H22FNO4S.C5H9ClO/c1-16(2)14-24(28)32-20-9-7-19(8-10-20)27-25(29)22-13-6-18(15-23(22)26)17-4-11-21(12-5-17)33(3,30)31;1-27(25,26)17-9-2-13(3-10-17)14-4-11-18(19(21)12-14)20(24)22-15-5-7-16(23)8-6-15;1-4(2)3-5(6)7/h4-6,11-13,15-16,19-20H,7-10,14H2,1-3H3,(H,27,29);2-4,9-12,15-16,23H,5-8H2,1H3,(H,22,24);4H,3H2,1-2H3. The first-order valence-electron chi connectivity index (χ1n) is 22.3. The van der Waals surface area contributed by atoms with Crippen LogP contribution in [-0.4, -0.2) is 81.8 Å². The van der Waals surface area contributed by atoms with Crippen molar-refractivity contribution in [1.29, 1.82) is 0 Å². The number of carbonyl (C=O) groups excluding carboxylic acids is 4. The fourth-order valence-corrected chi connectivity index (χ4v) is 9.08. The second-order valence-corrected chi connectivity index (χ2v) is 22.4. The van der Waals surface area contributed by atoms with Crippen LogP contribution in [0.4, 0.5) is 8.78 Å². The number of esters is 1. The topological polar surface area (TPSA) is 190 Å². The molecule has 3 N–H and O–H groups in total. The molecule has 12 nitrogen and oxygen atoms in total. The lowest BCUT2D eigenvalue weighted by atomic mass is 9.92. The molecule has 2 fully saturated rings. The van der Waals surface area contributed by atoms with Crippen LogP contribution in [0.1, 0.15) is 113 Å². The molecule has 17 heteroatoms. The van der Waals surface area contributed by atoms with E-state index in [1.165, 1.54) is 48.5 Å². The highest BCUT2D eigenvalue weighted by Crippen LogP contribution is 2.27. The van der Waals surface area contributed by atoms with Crippen LogP contribution >= 0.6 is 11.6 Å². The van der Waals surface area contributed by atoms with Gasteiger partial charge in [-0.2, -0.15) is 0 Å². The van der Waals surface area contributed by atoms with Gasteiger partial charge >= 0.3 is 5.97 Å². The van der Waals surface area contributed by atoms with Crippen molar-refractivity contribution < 1.29 is 54.6 Å². The Morgan fingerprint density at radius 2 is 0.955 bits per heavy atom. The Balaban J connectivity index is 0.000000260. The molecular weight excluding hydrogens is 926 g/mol. The summed E-state index contributed by atoms with van der Waals surface area (Å²) in [4.78, 5) is 47.2. The Hall–Kier alpha value is -5.03. The number of nitrogens with one attached hydrogen (secondary N) is 2. The molecule has 0 saturated heterocycles. The van der Waals surface area contributed by atoms with Crippen molar-refractivity contribution >= 4 is 54.3 Å². The number of hydrogen-bond acceptors (Lipinski definition) is 10. The van der Waals surface area contributed by atoms with Gasteiger partial charge in [0, 0.05) is 37.4 Å². The summed E-state index contributed by atoms with van der Waals surface area (Å²) in [6.07, 6.45) is 7.98. The molecule has 2 aliphatic rings. The van der Waals surface area contributed by atoms with Crippen LogP contribution in [0.2, 0.25) is 0 Å². The molecule has 2 aliphatic carbocycles. The van der Waals surface area contributed by atoms with Gasteiger partial charge in [-0.25, -0.2) is 25.6 Å². The van der Waals surface area contributed by atoms with Crippen molar-refractivity contribution in [1.82, 2.24) is 10.6 Å². The summed E-state index contributed by atoms with van der Waals surface area (Å²) >= 11 is 5.03. The van der Waals surface area contributed by atoms with Crippen LogP contribution in [0.25, 0.3) is 22.3 Å². The van der Waals surface area contributed by atoms with Crippen molar-refractivity contribution in [3.8, 4) is 22.3 Å². The number of halogens is 3. The summed E-state index contributed by atoms with van der Waals surface area (Å²) in [7, 11) is -6.60. The first-order chi connectivity index (χ1) is 31.4. The number of benzene rings is 4. The van der Waals surface area contributed by atoms with E-state index < -0.39 is 43.1 Å². The maximum absolute atomic E-state index is 14.7. The molecule has 0 unspecified atom stereocenters. The van der Waals surface area contributed by atoms with E-state index in [-0.39, 0.29) is 62.3 Å². The van der Waals surface area contributed by atoms with Crippen LogP contribution in [-0.2, 0) is 34.0 Å². The summed E-state index contributed by atoms with van der Waals surface area (Å²) in [6.45, 7) is 7.85. The molecule has 0 radical (unpaired) electrons. The Labute approximate surface area is 398 Å². The molecule has 0 heterocycles. The Bertz CT molecular complexity index is 2560. The van der Waals surface area contributed by atoms with E-state index >= 15 is 0 Å². The minimum atomic E-state index is -3.31. The summed E-state index contributed by atoms with van der Waals surface area (Å²) in [5.74, 6) is -1.77. The molecule has 0 aromatic heterocycles. The summed E-state index contributed by atoms with van der Waals surface area (Å²) in [5, 5.41) is 15.0. The summed E-state index contributed by atoms with van der Waals surface area (Å²) in [5.41, 5.74) is 2.35. The lowest BCUT2D eigenvalue weighted by Gasteiger charge is -2.29. The molecule has 2 saturated carbocycles. The van der Waals surface area contributed by atoms with E-state index in [9.17, 15) is 49.9 Å². The molecule has 4 aromatic rings. The Morgan fingerprint density at radius 1 is 0.597 bits per heavy atom. The molecule has 4 aromatic carbocycles. The smallest absolute Gasteiger partial charge is 0.306 e. The maximum atomic E-state index is 14.7. The third kappa shape index (κ3) is 17.9. The number of aliphatic hydroxyl groups is 1. The SMILES string of the molecule is CC(C)CC(=O)Cl.CC(C)CC(=O)OC1CCC(NC(=O)c2ccc(-c3ccc(S(C)(=O)=O)cc3)cc2F)CC1.CS(=O)(=O)c1ccc(-c2ccc(C(=O)NC3CCC(O)CC3)c(F)c2)cc1. The Kier molecular flexibility index (Phi) is 20.2. The van der Waals surface area contributed by atoms with E-state index in [1.54, 1.807) is 36.4 Å². The van der Waals surface area contributed by atoms with Gasteiger partial charge in [0.05, 0.1) is 27.0 Å². The summed E-state index contributed by atoms with van der Waals surface area (Å²) in [6, 6.07) is 20.9. The highest BCUT2D eigenvalue weighted by atomic mass is 35.5. The highest BCUT2D eigenvalue weighted by molar-refractivity contribution is 7.91. The van der Waals surface area contributed by atoms with E-state index in [0.29, 0.717) is 92.4 Å². The molecule has 6 rings (SSSR count). The average molecular weight is 988 g/mol. The van der Waals surface area contributed by atoms with Crippen LogP contribution in [0, 0.1) is 23.5 Å². The van der Waals surface area contributed by atoms with E-state index in [2.05, 4.69) is 10.6 Å². The van der Waals surface area contributed by atoms with E-state index in [0.717, 1.165) is 12.5 Å². The normalized spacial score (nSPS) is 18.4. The van der Waals surface area contributed by atoms with Crippen LogP contribution in [0.3, 0.4) is 0 Å². The number of rotatable bonds is 13. The van der Waals surface area contributed by atoms with Crippen molar-refractivity contribution in [2.75, 3.05) is 12.5 Å². The number of aliphatic hydroxyl groups excluding tert-OH is 1. The largest absolute Gasteiger partial charge is 0.462 e. The Morgan fingerprint density at radius 3 is 1.27 bits per heavy atom. The fourth-order valence-electron chi connectivity index (χ4n) is 7.51. The average Bonchev–Trinajstić information content (AvgIpc) is 3.24. The second-order valence-electron chi connectivity index (χ2n) is 17.9. The van der Waals surface area contributed by atoms with Crippen LogP contribution in [0.15, 0.2) is 94.7 Å². The molecule has 67 heavy (non-hydrogen) atoms. The molecule has 0 atom stereocenters. The van der Waals surface area contributed by atoms with Gasteiger partial charge in [-0.15, -0.1) is 0 Å². The van der Waals surface area contributed by atoms with Gasteiger partial charge in [-0.1, -0.05) is 64.1 Å². The first-order valence-corrected chi connectivity index (χ1v) is 26.4. The quantitative estimate of drug-likeness (QED) is 0.0860. The maximum Gasteiger partial charge on any atom is 0.306 e. The van der Waals surface area contributed by atoms with Crippen molar-refractivity contribution in [2.24, 2.45) is 11.8 Å². The lowest BCUT2D eigenvalue weighted by Crippen LogP contribution is -2.39. The number of carbonyl (C=O) groups is 4. The zero-order chi connectivity index (χ0) is 49.6. The van der Waals surface area contributed by atoms with Crippen molar-refractivity contribution in [3.05, 3.63) is 108 Å². The highest BCUT2D eigenvalue weighted by Gasteiger charge is 2.27. The van der Waals surface area contributed by atoms with Gasteiger partial charge in [0.1, 0.15) is 17.7 Å².